The van der Waals surface area contributed by atoms with Crippen molar-refractivity contribution in [1.82, 2.24) is 0 Å². The summed E-state index contributed by atoms with van der Waals surface area (Å²) in [6.07, 6.45) is 0. The number of ether oxygens (including phenoxy) is 1. The second kappa shape index (κ2) is 6.51. The van der Waals surface area contributed by atoms with Gasteiger partial charge >= 0.3 is 5.97 Å². The first-order valence-electron chi connectivity index (χ1n) is 6.66. The van der Waals surface area contributed by atoms with E-state index in [4.69, 9.17) is 4.74 Å². The van der Waals surface area contributed by atoms with Gasteiger partial charge in [-0.3, -0.25) is 0 Å². The summed E-state index contributed by atoms with van der Waals surface area (Å²) in [7, 11) is 0. The van der Waals surface area contributed by atoms with Gasteiger partial charge in [-0.1, -0.05) is 17.8 Å². The fourth-order valence-electron chi connectivity index (χ4n) is 2.16. The Morgan fingerprint density at radius 3 is 2.59 bits per heavy atom. The Balaban J connectivity index is 1.63. The van der Waals surface area contributed by atoms with E-state index in [1.807, 2.05) is 17.5 Å². The van der Waals surface area contributed by atoms with Gasteiger partial charge in [0.15, 0.2) is 5.37 Å². The molecule has 1 aromatic carbocycles. The molecule has 0 unspecified atom stereocenters. The number of carboxylic acids is 1. The highest BCUT2D eigenvalue weighted by Gasteiger charge is 2.30. The Labute approximate surface area is 135 Å². The van der Waals surface area contributed by atoms with Crippen LogP contribution in [-0.4, -0.2) is 23.7 Å². The van der Waals surface area contributed by atoms with Gasteiger partial charge in [0.25, 0.3) is 0 Å². The van der Waals surface area contributed by atoms with Crippen molar-refractivity contribution in [2.24, 2.45) is 0 Å². The topological polar surface area (TPSA) is 83.0 Å². The van der Waals surface area contributed by atoms with Crippen LogP contribution in [0.4, 0.5) is 0 Å². The maximum absolute atomic E-state index is 11.8. The van der Waals surface area contributed by atoms with E-state index >= 15 is 0 Å². The maximum atomic E-state index is 11.8. The lowest BCUT2D eigenvalue weighted by molar-refractivity contribution is -0.690. The largest absolute Gasteiger partial charge is 0.544 e. The average Bonchev–Trinajstić information content (AvgIpc) is 3.20. The number of rotatable bonds is 4. The standard InChI is InChI=1S/C15H13NO4S2/c17-14(18)11-8-22-13(16-11)9-3-5-10(6-4-9)20-15(19)12-2-1-7-21-12/h1-7,11,13,16H,8H2,(H,17,18)/t11-,13+/m0/s1. The first-order chi connectivity index (χ1) is 10.6. The van der Waals surface area contributed by atoms with Gasteiger partial charge in [-0.25, -0.2) is 4.79 Å². The highest BCUT2D eigenvalue weighted by molar-refractivity contribution is 7.99. The average molecular weight is 335 g/mol. The number of carbonyl (C=O) groups is 2. The lowest BCUT2D eigenvalue weighted by Crippen LogP contribution is -2.90. The number of carbonyl (C=O) groups excluding carboxylic acids is 2. The molecule has 0 saturated carbocycles. The molecule has 2 atom stereocenters. The molecule has 7 heteroatoms. The monoisotopic (exact) mass is 335 g/mol. The molecule has 22 heavy (non-hydrogen) atoms. The minimum absolute atomic E-state index is 0.0324. The Kier molecular flexibility index (Phi) is 4.47. The second-order valence-corrected chi connectivity index (χ2v) is 6.93. The zero-order valence-electron chi connectivity index (χ0n) is 11.4. The summed E-state index contributed by atoms with van der Waals surface area (Å²) in [5.41, 5.74) is 0.990. The molecular formula is C15H13NO4S2. The van der Waals surface area contributed by atoms with Crippen LogP contribution in [0.2, 0.25) is 0 Å². The maximum Gasteiger partial charge on any atom is 0.353 e. The molecule has 0 radical (unpaired) electrons. The molecule has 1 aromatic heterocycles. The highest BCUT2D eigenvalue weighted by Crippen LogP contribution is 2.28. The third kappa shape index (κ3) is 3.32. The normalized spacial score (nSPS) is 20.7. The number of quaternary nitrogens is 1. The van der Waals surface area contributed by atoms with E-state index in [2.05, 4.69) is 0 Å². The van der Waals surface area contributed by atoms with Crippen LogP contribution < -0.4 is 15.2 Å². The van der Waals surface area contributed by atoms with E-state index in [0.717, 1.165) is 5.56 Å². The fraction of sp³-hybridized carbons (Fsp3) is 0.200. The summed E-state index contributed by atoms with van der Waals surface area (Å²) in [6, 6.07) is 10.2. The molecule has 114 valence electrons. The van der Waals surface area contributed by atoms with Gasteiger partial charge in [-0.05, 0) is 35.7 Å². The Bertz CT molecular complexity index is 669. The van der Waals surface area contributed by atoms with Gasteiger partial charge in [-0.2, -0.15) is 0 Å². The Morgan fingerprint density at radius 2 is 2.00 bits per heavy atom. The van der Waals surface area contributed by atoms with E-state index in [9.17, 15) is 14.7 Å². The lowest BCUT2D eigenvalue weighted by atomic mass is 10.2. The Hall–Kier alpha value is -1.83. The molecule has 1 aliphatic heterocycles. The van der Waals surface area contributed by atoms with Gasteiger partial charge in [-0.15, -0.1) is 11.3 Å². The van der Waals surface area contributed by atoms with Crippen LogP contribution in [0, 0.1) is 0 Å². The van der Waals surface area contributed by atoms with Crippen LogP contribution in [0.5, 0.6) is 5.75 Å². The summed E-state index contributed by atoms with van der Waals surface area (Å²) >= 11 is 2.90. The molecule has 0 amide bonds. The van der Waals surface area contributed by atoms with Crippen molar-refractivity contribution < 1.29 is 24.7 Å². The van der Waals surface area contributed by atoms with E-state index in [1.165, 1.54) is 11.3 Å². The number of benzene rings is 1. The van der Waals surface area contributed by atoms with Crippen LogP contribution in [0.25, 0.3) is 0 Å². The summed E-state index contributed by atoms with van der Waals surface area (Å²) in [5.74, 6) is -0.401. The predicted molar refractivity (Wildman–Crippen MR) is 81.6 cm³/mol. The van der Waals surface area contributed by atoms with E-state index < -0.39 is 12.0 Å². The third-order valence-corrected chi connectivity index (χ3v) is 5.50. The molecule has 2 aromatic rings. The summed E-state index contributed by atoms with van der Waals surface area (Å²) in [5, 5.41) is 14.5. The minimum atomic E-state index is -1.03. The van der Waals surface area contributed by atoms with Gasteiger partial charge in [0, 0.05) is 5.56 Å². The number of nitrogens with two attached hydrogens (primary N) is 1. The van der Waals surface area contributed by atoms with E-state index in [0.29, 0.717) is 16.4 Å². The zero-order valence-corrected chi connectivity index (χ0v) is 13.1. The third-order valence-electron chi connectivity index (χ3n) is 3.31. The molecule has 3 rings (SSSR count). The first kappa shape index (κ1) is 15.1. The number of aliphatic carboxylic acids is 1. The van der Waals surface area contributed by atoms with Crippen molar-refractivity contribution in [3.05, 3.63) is 52.2 Å². The Morgan fingerprint density at radius 1 is 1.23 bits per heavy atom. The van der Waals surface area contributed by atoms with Crippen molar-refractivity contribution in [1.29, 1.82) is 0 Å². The summed E-state index contributed by atoms with van der Waals surface area (Å²) in [6.45, 7) is 0. The van der Waals surface area contributed by atoms with Crippen molar-refractivity contribution in [3.63, 3.8) is 0 Å². The molecule has 1 fully saturated rings. The van der Waals surface area contributed by atoms with E-state index in [1.54, 1.807) is 41.3 Å². The van der Waals surface area contributed by atoms with Crippen molar-refractivity contribution in [3.8, 4) is 5.75 Å². The van der Waals surface area contributed by atoms with Crippen molar-refractivity contribution in [2.75, 3.05) is 5.75 Å². The van der Waals surface area contributed by atoms with E-state index in [-0.39, 0.29) is 11.3 Å². The minimum Gasteiger partial charge on any atom is -0.544 e. The fourth-order valence-corrected chi connectivity index (χ4v) is 4.07. The van der Waals surface area contributed by atoms with Crippen LogP contribution in [0.15, 0.2) is 41.8 Å². The number of carboxylic acid groups (broad SMARTS) is 1. The SMILES string of the molecule is O=C(Oc1ccc([C@@H]2[NH2+][C@H](C(=O)[O-])CS2)cc1)c1cccs1. The number of thiophene rings is 1. The summed E-state index contributed by atoms with van der Waals surface area (Å²) < 4.78 is 5.29. The number of esters is 1. The lowest BCUT2D eigenvalue weighted by Gasteiger charge is -2.11. The number of hydrogen-bond acceptors (Lipinski definition) is 6. The van der Waals surface area contributed by atoms with Gasteiger partial charge in [0.2, 0.25) is 0 Å². The van der Waals surface area contributed by atoms with Gasteiger partial charge in [0.1, 0.15) is 22.6 Å². The molecule has 0 spiro atoms. The molecule has 1 aliphatic rings. The predicted octanol–water partition coefficient (Wildman–Crippen LogP) is 0.395. The van der Waals surface area contributed by atoms with Crippen molar-refractivity contribution >= 4 is 35.0 Å². The molecular weight excluding hydrogens is 322 g/mol. The van der Waals surface area contributed by atoms with Crippen LogP contribution in [-0.2, 0) is 4.79 Å². The van der Waals surface area contributed by atoms with Gasteiger partial charge in [0.05, 0.1) is 5.75 Å². The van der Waals surface area contributed by atoms with Crippen LogP contribution >= 0.6 is 23.1 Å². The van der Waals surface area contributed by atoms with Crippen molar-refractivity contribution in [2.45, 2.75) is 11.4 Å². The van der Waals surface area contributed by atoms with Crippen LogP contribution in [0.3, 0.4) is 0 Å². The smallest absolute Gasteiger partial charge is 0.353 e. The first-order valence-corrected chi connectivity index (χ1v) is 8.59. The zero-order chi connectivity index (χ0) is 15.5. The number of hydrogen-bond donors (Lipinski definition) is 1. The summed E-state index contributed by atoms with van der Waals surface area (Å²) in [4.78, 5) is 23.3. The molecule has 0 aliphatic carbocycles. The van der Waals surface area contributed by atoms with Crippen LogP contribution in [0.1, 0.15) is 20.6 Å². The highest BCUT2D eigenvalue weighted by atomic mass is 32.2. The molecule has 2 heterocycles. The molecule has 0 bridgehead atoms. The van der Waals surface area contributed by atoms with Gasteiger partial charge < -0.3 is 20.0 Å². The molecule has 2 N–H and O–H groups in total. The second-order valence-electron chi connectivity index (χ2n) is 4.81. The number of thioether (sulfide) groups is 1. The molecule has 5 nitrogen and oxygen atoms in total. The molecule has 1 saturated heterocycles. The quantitative estimate of drug-likeness (QED) is 0.646.